The zero-order valence-corrected chi connectivity index (χ0v) is 14.3. The molecule has 1 aromatic heterocycles. The lowest BCUT2D eigenvalue weighted by Gasteiger charge is -2.09. The van der Waals surface area contributed by atoms with Crippen molar-refractivity contribution in [2.45, 2.75) is 32.4 Å². The highest BCUT2D eigenvalue weighted by molar-refractivity contribution is 6.30. The van der Waals surface area contributed by atoms with E-state index in [1.54, 1.807) is 0 Å². The number of nitrogens with one attached hydrogen (secondary N) is 2. The number of hydrogen-bond donors (Lipinski definition) is 2. The molecule has 1 saturated heterocycles. The standard InChI is InChI=1S/C16H18ClN3O2.ClH/c1-10-15(11-4-6-12(17)7-5-11)22-14(20-10)9-19-16(21)13-3-2-8-18-13;/h4-7,13,18H,2-3,8-9H2,1H3,(H,19,21);1H. The van der Waals surface area contributed by atoms with Gasteiger partial charge in [0.1, 0.15) is 0 Å². The van der Waals surface area contributed by atoms with Crippen LogP contribution < -0.4 is 10.6 Å². The Bertz CT molecular complexity index is 664. The Morgan fingerprint density at radius 1 is 1.43 bits per heavy atom. The van der Waals surface area contributed by atoms with E-state index in [0.717, 1.165) is 30.6 Å². The Labute approximate surface area is 146 Å². The summed E-state index contributed by atoms with van der Waals surface area (Å²) in [4.78, 5) is 16.3. The summed E-state index contributed by atoms with van der Waals surface area (Å²) in [5.41, 5.74) is 1.72. The summed E-state index contributed by atoms with van der Waals surface area (Å²) in [6.45, 7) is 3.08. The Morgan fingerprint density at radius 2 is 2.17 bits per heavy atom. The maximum Gasteiger partial charge on any atom is 0.237 e. The monoisotopic (exact) mass is 355 g/mol. The lowest BCUT2D eigenvalue weighted by atomic mass is 10.1. The van der Waals surface area contributed by atoms with E-state index in [1.165, 1.54) is 0 Å². The summed E-state index contributed by atoms with van der Waals surface area (Å²) >= 11 is 5.89. The number of carbonyl (C=O) groups excluding carboxylic acids is 1. The third-order valence-corrected chi connectivity index (χ3v) is 3.99. The van der Waals surface area contributed by atoms with Gasteiger partial charge in [-0.05, 0) is 50.6 Å². The molecule has 1 unspecified atom stereocenters. The Balaban J connectivity index is 0.00000192. The summed E-state index contributed by atoms with van der Waals surface area (Å²) in [5, 5.41) is 6.71. The molecule has 1 amide bonds. The van der Waals surface area contributed by atoms with Crippen molar-refractivity contribution in [3.8, 4) is 11.3 Å². The summed E-state index contributed by atoms with van der Waals surface area (Å²) in [6.07, 6.45) is 1.92. The number of amides is 1. The van der Waals surface area contributed by atoms with E-state index in [4.69, 9.17) is 16.0 Å². The van der Waals surface area contributed by atoms with E-state index in [-0.39, 0.29) is 24.4 Å². The number of oxazole rings is 1. The molecule has 1 aromatic carbocycles. The van der Waals surface area contributed by atoms with Gasteiger partial charge in [-0.2, -0.15) is 0 Å². The molecular formula is C16H19Cl2N3O2. The summed E-state index contributed by atoms with van der Waals surface area (Å²) in [5.74, 6) is 1.22. The van der Waals surface area contributed by atoms with Crippen LogP contribution in [0.25, 0.3) is 11.3 Å². The van der Waals surface area contributed by atoms with Crippen LogP contribution in [0.3, 0.4) is 0 Å². The Kier molecular flexibility index (Phi) is 6.04. The fraction of sp³-hybridized carbons (Fsp3) is 0.375. The van der Waals surface area contributed by atoms with Gasteiger partial charge in [0.25, 0.3) is 0 Å². The normalized spacial score (nSPS) is 16.9. The van der Waals surface area contributed by atoms with Crippen molar-refractivity contribution < 1.29 is 9.21 Å². The molecule has 5 nitrogen and oxygen atoms in total. The van der Waals surface area contributed by atoms with E-state index in [0.29, 0.717) is 23.2 Å². The second-order valence-corrected chi connectivity index (χ2v) is 5.83. The van der Waals surface area contributed by atoms with Crippen LogP contribution in [-0.2, 0) is 11.3 Å². The molecule has 1 aliphatic rings. The average molecular weight is 356 g/mol. The van der Waals surface area contributed by atoms with Crippen molar-refractivity contribution in [3.63, 3.8) is 0 Å². The number of aryl methyl sites for hydroxylation is 1. The molecule has 1 fully saturated rings. The molecule has 0 spiro atoms. The number of nitrogens with zero attached hydrogens (tertiary/aromatic N) is 1. The zero-order chi connectivity index (χ0) is 15.5. The average Bonchev–Trinajstić information content (AvgIpc) is 3.15. The van der Waals surface area contributed by atoms with E-state index in [1.807, 2.05) is 31.2 Å². The number of halogens is 2. The van der Waals surface area contributed by atoms with E-state index in [9.17, 15) is 4.79 Å². The van der Waals surface area contributed by atoms with Gasteiger partial charge < -0.3 is 15.1 Å². The topological polar surface area (TPSA) is 67.2 Å². The third kappa shape index (κ3) is 4.25. The van der Waals surface area contributed by atoms with Crippen LogP contribution in [0.4, 0.5) is 0 Å². The first-order valence-electron chi connectivity index (χ1n) is 7.37. The fourth-order valence-corrected chi connectivity index (χ4v) is 2.72. The lowest BCUT2D eigenvalue weighted by molar-refractivity contribution is -0.123. The summed E-state index contributed by atoms with van der Waals surface area (Å²) < 4.78 is 5.76. The molecule has 2 aromatic rings. The van der Waals surface area contributed by atoms with Gasteiger partial charge in [0.15, 0.2) is 5.76 Å². The van der Waals surface area contributed by atoms with Crippen molar-refractivity contribution >= 4 is 29.9 Å². The maximum absolute atomic E-state index is 12.0. The number of hydrogen-bond acceptors (Lipinski definition) is 4. The summed E-state index contributed by atoms with van der Waals surface area (Å²) in [6, 6.07) is 7.31. The maximum atomic E-state index is 12.0. The van der Waals surface area contributed by atoms with Crippen molar-refractivity contribution in [3.05, 3.63) is 40.9 Å². The minimum atomic E-state index is -0.0909. The smallest absolute Gasteiger partial charge is 0.237 e. The van der Waals surface area contributed by atoms with E-state index in [2.05, 4.69) is 15.6 Å². The zero-order valence-electron chi connectivity index (χ0n) is 12.8. The number of benzene rings is 1. The Morgan fingerprint density at radius 3 is 2.83 bits per heavy atom. The highest BCUT2D eigenvalue weighted by Crippen LogP contribution is 2.25. The minimum absolute atomic E-state index is 0. The van der Waals surface area contributed by atoms with Gasteiger partial charge in [0.2, 0.25) is 11.8 Å². The van der Waals surface area contributed by atoms with Gasteiger partial charge in [-0.15, -0.1) is 12.4 Å². The molecule has 124 valence electrons. The fourth-order valence-electron chi connectivity index (χ4n) is 2.59. The molecule has 2 heterocycles. The van der Waals surface area contributed by atoms with Gasteiger partial charge in [-0.25, -0.2) is 4.98 Å². The van der Waals surface area contributed by atoms with E-state index >= 15 is 0 Å². The Hall–Kier alpha value is -1.56. The molecule has 1 atom stereocenters. The first-order valence-corrected chi connectivity index (χ1v) is 7.74. The van der Waals surface area contributed by atoms with Crippen LogP contribution in [-0.4, -0.2) is 23.5 Å². The lowest BCUT2D eigenvalue weighted by Crippen LogP contribution is -2.40. The molecule has 0 bridgehead atoms. The first-order chi connectivity index (χ1) is 10.6. The highest BCUT2D eigenvalue weighted by Gasteiger charge is 2.22. The van der Waals surface area contributed by atoms with Gasteiger partial charge >= 0.3 is 0 Å². The molecule has 23 heavy (non-hydrogen) atoms. The quantitative estimate of drug-likeness (QED) is 0.884. The molecule has 3 rings (SSSR count). The summed E-state index contributed by atoms with van der Waals surface area (Å²) in [7, 11) is 0. The van der Waals surface area contributed by atoms with Crippen molar-refractivity contribution in [1.29, 1.82) is 0 Å². The molecule has 0 radical (unpaired) electrons. The van der Waals surface area contributed by atoms with E-state index < -0.39 is 0 Å². The molecule has 0 saturated carbocycles. The second kappa shape index (κ2) is 7.81. The number of carbonyl (C=O) groups is 1. The van der Waals surface area contributed by atoms with Gasteiger partial charge in [-0.1, -0.05) is 11.6 Å². The van der Waals surface area contributed by atoms with Crippen LogP contribution in [0.1, 0.15) is 24.4 Å². The first kappa shape index (κ1) is 17.8. The predicted octanol–water partition coefficient (Wildman–Crippen LogP) is 3.09. The van der Waals surface area contributed by atoms with Gasteiger partial charge in [0.05, 0.1) is 18.3 Å². The SMILES string of the molecule is Cc1nc(CNC(=O)C2CCCN2)oc1-c1ccc(Cl)cc1.Cl. The minimum Gasteiger partial charge on any atom is -0.438 e. The molecule has 7 heteroatoms. The largest absolute Gasteiger partial charge is 0.438 e. The van der Waals surface area contributed by atoms with Crippen LogP contribution in [0.15, 0.2) is 28.7 Å². The van der Waals surface area contributed by atoms with Crippen LogP contribution in [0.5, 0.6) is 0 Å². The predicted molar refractivity (Wildman–Crippen MR) is 91.8 cm³/mol. The molecule has 2 N–H and O–H groups in total. The van der Waals surface area contributed by atoms with Crippen LogP contribution >= 0.6 is 24.0 Å². The second-order valence-electron chi connectivity index (χ2n) is 5.40. The molecule has 0 aliphatic carbocycles. The van der Waals surface area contributed by atoms with Crippen LogP contribution in [0.2, 0.25) is 5.02 Å². The molecule has 1 aliphatic heterocycles. The number of aromatic nitrogens is 1. The third-order valence-electron chi connectivity index (χ3n) is 3.74. The van der Waals surface area contributed by atoms with Crippen molar-refractivity contribution in [2.24, 2.45) is 0 Å². The molecular weight excluding hydrogens is 337 g/mol. The van der Waals surface area contributed by atoms with Gasteiger partial charge in [0, 0.05) is 10.6 Å². The highest BCUT2D eigenvalue weighted by atomic mass is 35.5. The number of rotatable bonds is 4. The van der Waals surface area contributed by atoms with Gasteiger partial charge in [-0.3, -0.25) is 4.79 Å². The van der Waals surface area contributed by atoms with Crippen LogP contribution in [0, 0.1) is 6.92 Å². The van der Waals surface area contributed by atoms with Crippen molar-refractivity contribution in [2.75, 3.05) is 6.54 Å². The van der Waals surface area contributed by atoms with Crippen molar-refractivity contribution in [1.82, 2.24) is 15.6 Å².